The molecule has 0 fully saturated rings. The van der Waals surface area contributed by atoms with Crippen molar-refractivity contribution in [3.05, 3.63) is 58.6 Å². The minimum absolute atomic E-state index is 0.0384. The second-order valence-electron chi connectivity index (χ2n) is 3.99. The van der Waals surface area contributed by atoms with E-state index in [0.717, 1.165) is 11.3 Å². The number of carbonyl (C=O) groups is 1. The Morgan fingerprint density at radius 2 is 1.83 bits per heavy atom. The number of aryl methyl sites for hydroxylation is 1. The fourth-order valence-electron chi connectivity index (χ4n) is 1.49. The van der Waals surface area contributed by atoms with E-state index in [-0.39, 0.29) is 16.7 Å². The molecule has 1 amide bonds. The third-order valence-electron chi connectivity index (χ3n) is 2.52. The molecule has 0 heterocycles. The second kappa shape index (κ2) is 5.10. The molecule has 92 valence electrons. The summed E-state index contributed by atoms with van der Waals surface area (Å²) >= 11 is 5.75. The summed E-state index contributed by atoms with van der Waals surface area (Å²) in [5, 5.41) is 12.2. The molecule has 0 bridgehead atoms. The van der Waals surface area contributed by atoms with Crippen LogP contribution in [0.25, 0.3) is 0 Å². The van der Waals surface area contributed by atoms with Crippen molar-refractivity contribution in [2.45, 2.75) is 6.92 Å². The molecule has 2 aromatic carbocycles. The lowest BCUT2D eigenvalue weighted by atomic mass is 10.2. The molecule has 0 aliphatic carbocycles. The number of halogens is 1. The van der Waals surface area contributed by atoms with Gasteiger partial charge in [0.05, 0.1) is 5.02 Å². The highest BCUT2D eigenvalue weighted by molar-refractivity contribution is 6.32. The maximum absolute atomic E-state index is 11.9. The van der Waals surface area contributed by atoms with Gasteiger partial charge in [-0.3, -0.25) is 4.79 Å². The van der Waals surface area contributed by atoms with Crippen molar-refractivity contribution in [3.8, 4) is 5.75 Å². The molecule has 2 aromatic rings. The van der Waals surface area contributed by atoms with Crippen LogP contribution >= 0.6 is 11.6 Å². The van der Waals surface area contributed by atoms with Crippen molar-refractivity contribution in [1.82, 2.24) is 0 Å². The number of hydrogen-bond donors (Lipinski definition) is 2. The second-order valence-corrected chi connectivity index (χ2v) is 4.39. The summed E-state index contributed by atoms with van der Waals surface area (Å²) in [6.07, 6.45) is 0. The van der Waals surface area contributed by atoms with E-state index in [1.807, 2.05) is 31.2 Å². The Bertz CT molecular complexity index is 579. The number of anilines is 1. The van der Waals surface area contributed by atoms with E-state index in [9.17, 15) is 9.90 Å². The van der Waals surface area contributed by atoms with Crippen molar-refractivity contribution in [2.75, 3.05) is 5.32 Å². The Morgan fingerprint density at radius 3 is 2.44 bits per heavy atom. The van der Waals surface area contributed by atoms with Crippen LogP contribution in [0.5, 0.6) is 5.75 Å². The molecule has 0 unspecified atom stereocenters. The van der Waals surface area contributed by atoms with Crippen LogP contribution in [0.2, 0.25) is 5.02 Å². The van der Waals surface area contributed by atoms with Crippen molar-refractivity contribution in [3.63, 3.8) is 0 Å². The van der Waals surface area contributed by atoms with Crippen LogP contribution in [0.15, 0.2) is 42.5 Å². The van der Waals surface area contributed by atoms with Crippen LogP contribution in [-0.2, 0) is 0 Å². The third-order valence-corrected chi connectivity index (χ3v) is 2.82. The minimum Gasteiger partial charge on any atom is -0.506 e. The van der Waals surface area contributed by atoms with Crippen LogP contribution in [0.3, 0.4) is 0 Å². The van der Waals surface area contributed by atoms with Gasteiger partial charge in [0, 0.05) is 11.3 Å². The molecule has 0 atom stereocenters. The Kier molecular flexibility index (Phi) is 3.53. The summed E-state index contributed by atoms with van der Waals surface area (Å²) in [7, 11) is 0. The molecule has 0 aliphatic heterocycles. The summed E-state index contributed by atoms with van der Waals surface area (Å²) in [6.45, 7) is 1.98. The zero-order valence-electron chi connectivity index (χ0n) is 9.77. The first-order valence-electron chi connectivity index (χ1n) is 5.43. The summed E-state index contributed by atoms with van der Waals surface area (Å²) < 4.78 is 0. The van der Waals surface area contributed by atoms with Gasteiger partial charge in [-0.15, -0.1) is 0 Å². The molecule has 0 radical (unpaired) electrons. The van der Waals surface area contributed by atoms with Crippen LogP contribution in [-0.4, -0.2) is 11.0 Å². The van der Waals surface area contributed by atoms with Crippen LogP contribution in [0.4, 0.5) is 5.69 Å². The smallest absolute Gasteiger partial charge is 0.255 e. The molecule has 0 aromatic heterocycles. The van der Waals surface area contributed by atoms with Crippen LogP contribution < -0.4 is 5.32 Å². The fraction of sp³-hybridized carbons (Fsp3) is 0.0714. The van der Waals surface area contributed by atoms with E-state index in [4.69, 9.17) is 11.6 Å². The van der Waals surface area contributed by atoms with E-state index in [1.54, 1.807) is 0 Å². The number of carbonyl (C=O) groups excluding carboxylic acids is 1. The third kappa shape index (κ3) is 2.81. The van der Waals surface area contributed by atoms with Gasteiger partial charge in [0.1, 0.15) is 5.75 Å². The van der Waals surface area contributed by atoms with Crippen molar-refractivity contribution >= 4 is 23.2 Å². The summed E-state index contributed by atoms with van der Waals surface area (Å²) in [5.41, 5.74) is 2.24. The first-order chi connectivity index (χ1) is 8.56. The number of nitrogens with one attached hydrogen (secondary N) is 1. The molecule has 0 saturated carbocycles. The Balaban J connectivity index is 2.16. The standard InChI is InChI=1S/C14H12ClNO2/c1-9-2-5-11(6-3-9)16-14(18)10-4-7-13(17)12(15)8-10/h2-8,17H,1H3,(H,16,18). The van der Waals surface area contributed by atoms with E-state index < -0.39 is 0 Å². The normalized spacial score (nSPS) is 10.1. The van der Waals surface area contributed by atoms with Gasteiger partial charge < -0.3 is 10.4 Å². The van der Waals surface area contributed by atoms with E-state index >= 15 is 0 Å². The van der Waals surface area contributed by atoms with Gasteiger partial charge in [-0.2, -0.15) is 0 Å². The number of rotatable bonds is 2. The highest BCUT2D eigenvalue weighted by Gasteiger charge is 2.08. The average molecular weight is 262 g/mol. The Morgan fingerprint density at radius 1 is 1.17 bits per heavy atom. The monoisotopic (exact) mass is 261 g/mol. The lowest BCUT2D eigenvalue weighted by molar-refractivity contribution is 0.102. The summed E-state index contributed by atoms with van der Waals surface area (Å²) in [5.74, 6) is -0.302. The number of phenols is 1. The van der Waals surface area contributed by atoms with Gasteiger partial charge in [-0.25, -0.2) is 0 Å². The maximum atomic E-state index is 11.9. The molecule has 4 heteroatoms. The van der Waals surface area contributed by atoms with Crippen molar-refractivity contribution in [2.24, 2.45) is 0 Å². The quantitative estimate of drug-likeness (QED) is 0.868. The average Bonchev–Trinajstić information content (AvgIpc) is 2.35. The lowest BCUT2D eigenvalue weighted by Crippen LogP contribution is -2.11. The topological polar surface area (TPSA) is 49.3 Å². The number of aromatic hydroxyl groups is 1. The zero-order chi connectivity index (χ0) is 13.1. The van der Waals surface area contributed by atoms with E-state index in [0.29, 0.717) is 5.56 Å². The van der Waals surface area contributed by atoms with Gasteiger partial charge in [0.25, 0.3) is 5.91 Å². The molecule has 0 saturated heterocycles. The van der Waals surface area contributed by atoms with Gasteiger partial charge in [-0.05, 0) is 37.3 Å². The lowest BCUT2D eigenvalue weighted by Gasteiger charge is -2.06. The van der Waals surface area contributed by atoms with Gasteiger partial charge in [0.2, 0.25) is 0 Å². The molecule has 2 N–H and O–H groups in total. The van der Waals surface area contributed by atoms with Crippen LogP contribution in [0.1, 0.15) is 15.9 Å². The SMILES string of the molecule is Cc1ccc(NC(=O)c2ccc(O)c(Cl)c2)cc1. The fourth-order valence-corrected chi connectivity index (χ4v) is 1.67. The predicted octanol–water partition coefficient (Wildman–Crippen LogP) is 3.61. The summed E-state index contributed by atoms with van der Waals surface area (Å²) in [4.78, 5) is 11.9. The first-order valence-corrected chi connectivity index (χ1v) is 5.80. The van der Waals surface area contributed by atoms with Crippen LogP contribution in [0, 0.1) is 6.92 Å². The molecule has 2 rings (SSSR count). The molecule has 18 heavy (non-hydrogen) atoms. The van der Waals surface area contributed by atoms with Crippen molar-refractivity contribution < 1.29 is 9.90 Å². The Hall–Kier alpha value is -2.00. The predicted molar refractivity (Wildman–Crippen MR) is 72.2 cm³/mol. The molecular weight excluding hydrogens is 250 g/mol. The van der Waals surface area contributed by atoms with E-state index in [1.165, 1.54) is 18.2 Å². The minimum atomic E-state index is -0.263. The number of phenolic OH excluding ortho intramolecular Hbond substituents is 1. The maximum Gasteiger partial charge on any atom is 0.255 e. The first kappa shape index (κ1) is 12.5. The molecule has 3 nitrogen and oxygen atoms in total. The van der Waals surface area contributed by atoms with Gasteiger partial charge in [0.15, 0.2) is 0 Å². The number of amides is 1. The highest BCUT2D eigenvalue weighted by atomic mass is 35.5. The number of benzene rings is 2. The van der Waals surface area contributed by atoms with E-state index in [2.05, 4.69) is 5.32 Å². The largest absolute Gasteiger partial charge is 0.506 e. The zero-order valence-corrected chi connectivity index (χ0v) is 10.5. The number of hydrogen-bond acceptors (Lipinski definition) is 2. The van der Waals surface area contributed by atoms with Crippen molar-refractivity contribution in [1.29, 1.82) is 0 Å². The highest BCUT2D eigenvalue weighted by Crippen LogP contribution is 2.24. The molecular formula is C14H12ClNO2. The van der Waals surface area contributed by atoms with Gasteiger partial charge >= 0.3 is 0 Å². The van der Waals surface area contributed by atoms with Gasteiger partial charge in [-0.1, -0.05) is 29.3 Å². The summed E-state index contributed by atoms with van der Waals surface area (Å²) in [6, 6.07) is 11.8. The Labute approximate surface area is 110 Å². The molecule has 0 spiro atoms. The molecule has 0 aliphatic rings.